The van der Waals surface area contributed by atoms with Gasteiger partial charge in [-0.2, -0.15) is 16.8 Å². The molecule has 4 N–H and O–H groups in total. The van der Waals surface area contributed by atoms with Gasteiger partial charge in [-0.3, -0.25) is 18.7 Å². The first-order valence-corrected chi connectivity index (χ1v) is 16.1. The van der Waals surface area contributed by atoms with Crippen LogP contribution >= 0.6 is 0 Å². The van der Waals surface area contributed by atoms with E-state index in [0.717, 1.165) is 48.6 Å². The van der Waals surface area contributed by atoms with Gasteiger partial charge in [0.1, 0.15) is 11.5 Å². The summed E-state index contributed by atoms with van der Waals surface area (Å²) < 4.78 is 72.3. The normalized spacial score (nSPS) is 10.4. The number of hydrogen-bond acceptors (Lipinski definition) is 12. The summed E-state index contributed by atoms with van der Waals surface area (Å²) in [6, 6.07) is 5.86. The van der Waals surface area contributed by atoms with Crippen LogP contribution in [0, 0.1) is 0 Å². The van der Waals surface area contributed by atoms with Crippen LogP contribution in [-0.2, 0) is 29.8 Å². The van der Waals surface area contributed by atoms with E-state index in [1.165, 1.54) is 0 Å². The molecule has 0 fully saturated rings. The summed E-state index contributed by atoms with van der Waals surface area (Å²) in [4.78, 5) is 42.7. The van der Waals surface area contributed by atoms with Gasteiger partial charge in [0.05, 0.1) is 34.9 Å². The van der Waals surface area contributed by atoms with Crippen LogP contribution in [0.4, 0.5) is 0 Å². The molecule has 0 unspecified atom stereocenters. The molecule has 0 aliphatic carbocycles. The molecule has 2 amide bonds. The second kappa shape index (κ2) is 23.6. The number of carbonyl (C=O) groups is 4. The van der Waals surface area contributed by atoms with Gasteiger partial charge in [0.2, 0.25) is 11.8 Å². The van der Waals surface area contributed by atoms with E-state index in [2.05, 4.69) is 23.8 Å². The number of carbonyl (C=O) groups excluding carboxylic acids is 4. The van der Waals surface area contributed by atoms with Crippen molar-refractivity contribution in [2.24, 2.45) is 0 Å². The second-order valence-electron chi connectivity index (χ2n) is 8.94. The number of ether oxygens (including phenoxy) is 2. The first-order valence-electron chi connectivity index (χ1n) is 13.2. The third-order valence-electron chi connectivity index (χ3n) is 5.56. The molecule has 16 nitrogen and oxygen atoms in total. The van der Waals surface area contributed by atoms with Crippen molar-refractivity contribution >= 4 is 44.0 Å². The molecule has 2 aromatic carbocycles. The number of aromatic carboxylic acids is 2. The fourth-order valence-electron chi connectivity index (χ4n) is 3.30. The van der Waals surface area contributed by atoms with Crippen LogP contribution in [0.15, 0.2) is 71.5 Å². The smallest absolute Gasteiger partial charge is 0.545 e. The van der Waals surface area contributed by atoms with Gasteiger partial charge in [-0.05, 0) is 74.2 Å². The molecule has 0 saturated carbocycles. The molecule has 0 saturated heterocycles. The number of rotatable bonds is 18. The Bertz CT molecular complexity index is 1530. The van der Waals surface area contributed by atoms with Gasteiger partial charge in [-0.25, -0.2) is 0 Å². The van der Waals surface area contributed by atoms with Gasteiger partial charge in [0.25, 0.3) is 20.2 Å². The molecule has 2 rings (SSSR count). The Balaban J connectivity index is 0. The minimum atomic E-state index is -4.51. The average molecular weight is 731 g/mol. The van der Waals surface area contributed by atoms with E-state index in [1.807, 2.05) is 0 Å². The molecular weight excluding hydrogens is 698 g/mol. The van der Waals surface area contributed by atoms with Crippen molar-refractivity contribution in [2.75, 3.05) is 26.3 Å². The molecule has 0 heterocycles. The van der Waals surface area contributed by atoms with E-state index in [0.29, 0.717) is 38.8 Å². The van der Waals surface area contributed by atoms with Crippen molar-refractivity contribution in [3.63, 3.8) is 0 Å². The zero-order valence-corrected chi connectivity index (χ0v) is 31.9. The van der Waals surface area contributed by atoms with E-state index in [4.69, 9.17) is 18.6 Å². The molecule has 0 aromatic heterocycles. The summed E-state index contributed by atoms with van der Waals surface area (Å²) in [5.74, 6) is -3.94. The van der Waals surface area contributed by atoms with E-state index >= 15 is 0 Å². The van der Waals surface area contributed by atoms with Crippen molar-refractivity contribution < 1.29 is 124 Å². The van der Waals surface area contributed by atoms with Crippen molar-refractivity contribution in [1.29, 1.82) is 0 Å². The largest absolute Gasteiger partial charge is 1.00 e. The summed E-state index contributed by atoms with van der Waals surface area (Å²) in [5, 5.41) is 27.2. The van der Waals surface area contributed by atoms with Crippen molar-refractivity contribution in [2.45, 2.75) is 35.5 Å². The summed E-state index contributed by atoms with van der Waals surface area (Å²) in [6.07, 6.45) is 4.57. The van der Waals surface area contributed by atoms with Gasteiger partial charge in [-0.1, -0.05) is 13.2 Å². The molecule has 0 aliphatic rings. The average Bonchev–Trinajstić information content (AvgIpc) is 2.99. The molecule has 252 valence electrons. The second-order valence-corrected chi connectivity index (χ2v) is 11.8. The molecular formula is C28H32N2Na2O14S2. The van der Waals surface area contributed by atoms with Gasteiger partial charge in [0.15, 0.2) is 0 Å². The summed E-state index contributed by atoms with van der Waals surface area (Å²) in [7, 11) is -9.03. The topological polar surface area (TPSA) is 266 Å². The van der Waals surface area contributed by atoms with Gasteiger partial charge < -0.3 is 39.9 Å². The first kappa shape index (κ1) is 47.3. The Morgan fingerprint density at radius 3 is 1.27 bits per heavy atom. The van der Waals surface area contributed by atoms with Crippen molar-refractivity contribution in [1.82, 2.24) is 10.6 Å². The van der Waals surface area contributed by atoms with Crippen molar-refractivity contribution in [3.8, 4) is 11.5 Å². The molecule has 48 heavy (non-hydrogen) atoms. The van der Waals surface area contributed by atoms with Crippen LogP contribution in [0.25, 0.3) is 0 Å². The predicted molar refractivity (Wildman–Crippen MR) is 157 cm³/mol. The van der Waals surface area contributed by atoms with Crippen LogP contribution in [0.1, 0.15) is 46.4 Å². The molecule has 2 aromatic rings. The van der Waals surface area contributed by atoms with E-state index in [1.54, 1.807) is 0 Å². The number of hydrogen-bond donors (Lipinski definition) is 4. The minimum Gasteiger partial charge on any atom is -0.545 e. The van der Waals surface area contributed by atoms with Crippen LogP contribution in [0.2, 0.25) is 0 Å². The number of unbranched alkanes of at least 4 members (excludes halogenated alkanes) is 2. The quantitative estimate of drug-likeness (QED) is 0.0481. The number of carboxylic acids is 2. The SMILES string of the molecule is C=CC(=O)NCCCCOc1ccc(S(=O)(=O)O)cc1C(=O)[O-].C=CC(=O)NCCCCOc1ccc(S(=O)(=O)O)cc1C(=O)[O-].[Na+].[Na+]. The fourth-order valence-corrected chi connectivity index (χ4v) is 4.31. The Morgan fingerprint density at radius 2 is 1.00 bits per heavy atom. The van der Waals surface area contributed by atoms with Gasteiger partial charge >= 0.3 is 59.1 Å². The molecule has 0 aliphatic heterocycles. The van der Waals surface area contributed by atoms with Crippen LogP contribution in [-0.4, -0.2) is 76.0 Å². The molecule has 20 heteroatoms. The summed E-state index contributed by atoms with van der Waals surface area (Å²) in [6.45, 7) is 7.78. The van der Waals surface area contributed by atoms with Crippen LogP contribution in [0.5, 0.6) is 11.5 Å². The minimum absolute atomic E-state index is 0. The van der Waals surface area contributed by atoms with E-state index < -0.39 is 53.1 Å². The standard InChI is InChI=1S/2C14H17NO7S.2Na/c2*1-2-13(16)15-7-3-4-8-22-12-6-5-10(23(19,20)21)9-11(12)14(17)18;;/h2*2,5-6,9H,1,3-4,7-8H2,(H,15,16)(H,17,18)(H,19,20,21);;/q;;2*+1/p-2. The maximum atomic E-state index is 11.0. The zero-order valence-electron chi connectivity index (χ0n) is 26.3. The summed E-state index contributed by atoms with van der Waals surface area (Å²) in [5.41, 5.74) is -0.944. The number of carboxylic acid groups (broad SMARTS) is 2. The number of nitrogens with one attached hydrogen (secondary N) is 2. The Kier molecular flexibility index (Phi) is 23.2. The monoisotopic (exact) mass is 730 g/mol. The third kappa shape index (κ3) is 18.1. The zero-order chi connectivity index (χ0) is 34.9. The third-order valence-corrected chi connectivity index (χ3v) is 7.26. The Hall–Kier alpha value is -2.78. The maximum Gasteiger partial charge on any atom is 1.00 e. The molecule has 0 spiro atoms. The Morgan fingerprint density at radius 1 is 0.667 bits per heavy atom. The number of benzene rings is 2. The fraction of sp³-hybridized carbons (Fsp3) is 0.286. The molecule has 0 radical (unpaired) electrons. The van der Waals surface area contributed by atoms with Gasteiger partial charge in [0, 0.05) is 24.2 Å². The number of amides is 2. The van der Waals surface area contributed by atoms with Crippen molar-refractivity contribution in [3.05, 3.63) is 72.8 Å². The van der Waals surface area contributed by atoms with Crippen LogP contribution < -0.4 is 89.4 Å². The van der Waals surface area contributed by atoms with Gasteiger partial charge in [-0.15, -0.1) is 0 Å². The maximum absolute atomic E-state index is 11.0. The predicted octanol–water partition coefficient (Wildman–Crippen LogP) is -6.48. The summed E-state index contributed by atoms with van der Waals surface area (Å²) >= 11 is 0. The molecule has 0 bridgehead atoms. The first-order chi connectivity index (χ1) is 21.5. The Labute approximate surface area is 322 Å². The molecule has 0 atom stereocenters. The van der Waals surface area contributed by atoms with E-state index in [9.17, 15) is 46.2 Å². The van der Waals surface area contributed by atoms with E-state index in [-0.39, 0.29) is 95.6 Å². The van der Waals surface area contributed by atoms with Crippen LogP contribution in [0.3, 0.4) is 0 Å².